The summed E-state index contributed by atoms with van der Waals surface area (Å²) in [5, 5.41) is 42.0. The molecule has 0 aliphatic carbocycles. The van der Waals surface area contributed by atoms with E-state index in [4.69, 9.17) is 27.8 Å². The number of aromatic nitrogens is 8. The number of phosphoric acid groups is 1. The number of hydrogen-bond donors (Lipinski definition) is 5. The first-order valence-corrected chi connectivity index (χ1v) is 18.9. The number of H-pyrrole nitrogens is 4. The van der Waals surface area contributed by atoms with Crippen LogP contribution in [0.15, 0.2) is 109 Å². The first-order valence-electron chi connectivity index (χ1n) is 17.5. The predicted molar refractivity (Wildman–Crippen MR) is 200 cm³/mol. The van der Waals surface area contributed by atoms with Crippen LogP contribution in [0.2, 0.25) is 0 Å². The molecule has 0 radical (unpaired) electrons. The van der Waals surface area contributed by atoms with Gasteiger partial charge >= 0.3 is 13.8 Å². The number of hydrogen-bond acceptors (Lipinski definition) is 13. The summed E-state index contributed by atoms with van der Waals surface area (Å²) in [5.74, 6) is -1.15. The summed E-state index contributed by atoms with van der Waals surface area (Å²) in [7, 11) is -4.55. The molecule has 18 heteroatoms. The van der Waals surface area contributed by atoms with Crippen LogP contribution in [0.4, 0.5) is 0 Å². The molecule has 9 rings (SSSR count). The Morgan fingerprint density at radius 1 is 0.625 bits per heavy atom. The number of carbonyl (C=O) groups is 1. The Kier molecular flexibility index (Phi) is 9.50. The van der Waals surface area contributed by atoms with Gasteiger partial charge in [0.1, 0.15) is 19.3 Å². The SMILES string of the molecule is O=C1OC(C(CO)OP(=O)(OCc2ccc3[nH]ncc3c2)OCc2ccc3cn[nH]c3c2)C(OCc2ccc3[nH]ncc3c2)=C1OCc1ccc2[nH]ncc2c1. The van der Waals surface area contributed by atoms with Crippen LogP contribution in [-0.4, -0.2) is 70.7 Å². The van der Waals surface area contributed by atoms with Crippen LogP contribution >= 0.6 is 7.82 Å². The Labute approximate surface area is 316 Å². The maximum Gasteiger partial charge on any atom is 0.475 e. The minimum atomic E-state index is -4.55. The lowest BCUT2D eigenvalue weighted by Crippen LogP contribution is -2.35. The van der Waals surface area contributed by atoms with Gasteiger partial charge in [0.05, 0.1) is 66.7 Å². The summed E-state index contributed by atoms with van der Waals surface area (Å²) < 4.78 is 50.5. The fourth-order valence-electron chi connectivity index (χ4n) is 6.37. The largest absolute Gasteiger partial charge is 0.485 e. The molecule has 0 amide bonds. The average Bonchev–Trinajstić information content (AvgIpc) is 4.07. The van der Waals surface area contributed by atoms with E-state index in [-0.39, 0.29) is 37.9 Å². The van der Waals surface area contributed by atoms with Gasteiger partial charge in [-0.05, 0) is 64.7 Å². The summed E-state index contributed by atoms with van der Waals surface area (Å²) in [5.41, 5.74) is 6.03. The number of rotatable bonds is 16. The van der Waals surface area contributed by atoms with E-state index in [1.807, 2.05) is 54.6 Å². The maximum absolute atomic E-state index is 14.6. The van der Waals surface area contributed by atoms with E-state index in [1.165, 1.54) is 0 Å². The molecule has 5 heterocycles. The number of phosphoric ester groups is 1. The first-order chi connectivity index (χ1) is 27.4. The third-order valence-corrected chi connectivity index (χ3v) is 10.7. The van der Waals surface area contributed by atoms with E-state index in [0.29, 0.717) is 11.1 Å². The van der Waals surface area contributed by atoms with Crippen molar-refractivity contribution in [1.29, 1.82) is 0 Å². The zero-order valence-electron chi connectivity index (χ0n) is 29.4. The Morgan fingerprint density at radius 3 is 1.68 bits per heavy atom. The Bertz CT molecular complexity index is 2690. The third-order valence-electron chi connectivity index (χ3n) is 9.26. The van der Waals surface area contributed by atoms with Crippen molar-refractivity contribution in [3.63, 3.8) is 0 Å². The number of ether oxygens (including phenoxy) is 3. The van der Waals surface area contributed by atoms with Gasteiger partial charge in [-0.15, -0.1) is 0 Å². The van der Waals surface area contributed by atoms with Crippen molar-refractivity contribution in [3.8, 4) is 0 Å². The van der Waals surface area contributed by atoms with Gasteiger partial charge in [-0.25, -0.2) is 9.36 Å². The molecule has 56 heavy (non-hydrogen) atoms. The Hall–Kier alpha value is -6.36. The lowest BCUT2D eigenvalue weighted by molar-refractivity contribution is -0.148. The maximum atomic E-state index is 14.6. The van der Waals surface area contributed by atoms with Crippen molar-refractivity contribution in [3.05, 3.63) is 131 Å². The molecule has 4 aromatic heterocycles. The van der Waals surface area contributed by atoms with Crippen LogP contribution in [0.25, 0.3) is 43.6 Å². The number of esters is 1. The van der Waals surface area contributed by atoms with Crippen molar-refractivity contribution in [2.24, 2.45) is 0 Å². The first kappa shape index (κ1) is 35.3. The fourth-order valence-corrected chi connectivity index (χ4v) is 7.69. The van der Waals surface area contributed by atoms with Gasteiger partial charge in [-0.1, -0.05) is 30.3 Å². The highest BCUT2D eigenvalue weighted by Crippen LogP contribution is 2.53. The number of cyclic esters (lactones) is 1. The lowest BCUT2D eigenvalue weighted by Gasteiger charge is -2.27. The van der Waals surface area contributed by atoms with E-state index >= 15 is 0 Å². The summed E-state index contributed by atoms with van der Waals surface area (Å²) in [4.78, 5) is 13.5. The molecule has 8 aromatic rings. The molecule has 0 spiro atoms. The van der Waals surface area contributed by atoms with Crippen LogP contribution in [0.1, 0.15) is 22.3 Å². The molecule has 0 saturated carbocycles. The van der Waals surface area contributed by atoms with Crippen LogP contribution in [0.5, 0.6) is 0 Å². The summed E-state index contributed by atoms with van der Waals surface area (Å²) in [6, 6.07) is 22.0. The highest BCUT2D eigenvalue weighted by molar-refractivity contribution is 7.48. The number of aromatic amines is 4. The van der Waals surface area contributed by atoms with Gasteiger partial charge in [-0.2, -0.15) is 20.4 Å². The van der Waals surface area contributed by atoms with Crippen LogP contribution < -0.4 is 0 Å². The average molecular weight is 777 g/mol. The molecule has 1 aliphatic rings. The van der Waals surface area contributed by atoms with Crippen molar-refractivity contribution in [2.45, 2.75) is 38.6 Å². The van der Waals surface area contributed by atoms with Crippen molar-refractivity contribution >= 4 is 57.4 Å². The number of fused-ring (bicyclic) bond motifs is 4. The zero-order chi connectivity index (χ0) is 38.1. The second-order valence-corrected chi connectivity index (χ2v) is 14.7. The molecule has 1 aliphatic heterocycles. The van der Waals surface area contributed by atoms with Gasteiger partial charge < -0.3 is 19.3 Å². The quantitative estimate of drug-likeness (QED) is 0.0563. The van der Waals surface area contributed by atoms with Gasteiger partial charge in [-0.3, -0.25) is 34.0 Å². The number of aliphatic hydroxyl groups is 1. The molecular weight excluding hydrogens is 743 g/mol. The number of nitrogens with one attached hydrogen (secondary N) is 4. The van der Waals surface area contributed by atoms with Gasteiger partial charge in [0.2, 0.25) is 5.76 Å². The molecule has 0 fully saturated rings. The van der Waals surface area contributed by atoms with Crippen LogP contribution in [-0.2, 0) is 63.6 Å². The molecule has 0 saturated heterocycles. The molecule has 17 nitrogen and oxygen atoms in total. The molecule has 5 N–H and O–H groups in total. The Morgan fingerprint density at radius 2 is 1.11 bits per heavy atom. The molecule has 0 bridgehead atoms. The molecule has 284 valence electrons. The van der Waals surface area contributed by atoms with Crippen molar-refractivity contribution < 1.29 is 42.2 Å². The minimum Gasteiger partial charge on any atom is -0.485 e. The minimum absolute atomic E-state index is 0.0210. The highest BCUT2D eigenvalue weighted by atomic mass is 31.2. The van der Waals surface area contributed by atoms with Crippen LogP contribution in [0, 0.1) is 0 Å². The second-order valence-electron chi connectivity index (χ2n) is 13.1. The summed E-state index contributed by atoms with van der Waals surface area (Å²) >= 11 is 0. The van der Waals surface area contributed by atoms with E-state index in [1.54, 1.807) is 43.0 Å². The van der Waals surface area contributed by atoms with Crippen molar-refractivity contribution in [2.75, 3.05) is 6.61 Å². The van der Waals surface area contributed by atoms with Gasteiger partial charge in [0.15, 0.2) is 11.9 Å². The lowest BCUT2D eigenvalue weighted by atomic mass is 10.1. The second kappa shape index (κ2) is 15.1. The van der Waals surface area contributed by atoms with E-state index in [0.717, 1.165) is 54.7 Å². The number of aliphatic hydroxyl groups excluding tert-OH is 1. The molecule has 3 atom stereocenters. The van der Waals surface area contributed by atoms with Gasteiger partial charge in [0.25, 0.3) is 0 Å². The summed E-state index contributed by atoms with van der Waals surface area (Å²) in [6.07, 6.45) is 3.82. The molecule has 3 unspecified atom stereocenters. The van der Waals surface area contributed by atoms with E-state index in [9.17, 15) is 14.5 Å². The normalized spacial score (nSPS) is 16.2. The topological polar surface area (TPSA) is 224 Å². The van der Waals surface area contributed by atoms with Gasteiger partial charge in [0, 0.05) is 21.5 Å². The monoisotopic (exact) mass is 776 g/mol. The fraction of sp³-hybridized carbons (Fsp3) is 0.184. The third kappa shape index (κ3) is 7.36. The van der Waals surface area contributed by atoms with Crippen molar-refractivity contribution in [1.82, 2.24) is 40.8 Å². The zero-order valence-corrected chi connectivity index (χ0v) is 30.3. The van der Waals surface area contributed by atoms with E-state index < -0.39 is 32.6 Å². The Balaban J connectivity index is 1.00. The molecular formula is C38H33N8O9P. The van der Waals surface area contributed by atoms with E-state index in [2.05, 4.69) is 40.8 Å². The molecule has 4 aromatic carbocycles. The summed E-state index contributed by atoms with van der Waals surface area (Å²) in [6.45, 7) is -1.20. The number of nitrogens with zero attached hydrogens (tertiary/aromatic N) is 4. The smallest absolute Gasteiger partial charge is 0.475 e. The standard InChI is InChI=1S/C38H33N8O9P/c47-17-34(55-56(49,52-20-24-4-8-32-29(11-24)16-42-45-32)53-21-25-1-5-26-13-39-46-33(26)12-25)35-36(50-18-22-2-6-30-27(9-22)14-40-43-30)37(38(48)54-35)51-19-23-3-7-31-28(10-23)15-41-44-31/h1-16,34-35,47H,17-21H2,(H,39,46)(H,40,43)(H,41,44)(H,42,45). The number of carbonyl (C=O) groups excluding carboxylic acids is 1. The van der Waals surface area contributed by atoms with Crippen LogP contribution in [0.3, 0.4) is 0 Å². The predicted octanol–water partition coefficient (Wildman–Crippen LogP) is 5.98. The highest BCUT2D eigenvalue weighted by Gasteiger charge is 2.46. The number of benzene rings is 4.